The molecule has 6 heteroatoms. The van der Waals surface area contributed by atoms with Crippen molar-refractivity contribution in [3.8, 4) is 11.3 Å². The zero-order chi connectivity index (χ0) is 17.1. The van der Waals surface area contributed by atoms with Crippen molar-refractivity contribution in [1.29, 1.82) is 0 Å². The van der Waals surface area contributed by atoms with Crippen molar-refractivity contribution in [1.82, 2.24) is 9.88 Å². The van der Waals surface area contributed by atoms with Crippen molar-refractivity contribution < 1.29 is 4.92 Å². The van der Waals surface area contributed by atoms with Gasteiger partial charge in [0.15, 0.2) is 5.69 Å². The monoisotopic (exact) mass is 326 g/mol. The van der Waals surface area contributed by atoms with Gasteiger partial charge in [0.05, 0.1) is 4.92 Å². The van der Waals surface area contributed by atoms with Crippen molar-refractivity contribution in [2.24, 2.45) is 0 Å². The Labute approximate surface area is 141 Å². The van der Waals surface area contributed by atoms with Gasteiger partial charge in [0.2, 0.25) is 0 Å². The van der Waals surface area contributed by atoms with Gasteiger partial charge in [-0.3, -0.25) is 10.1 Å². The molecule has 2 aromatic rings. The van der Waals surface area contributed by atoms with Gasteiger partial charge >= 0.3 is 0 Å². The molecule has 1 aliphatic rings. The minimum Gasteiger partial charge on any atom is -0.356 e. The Morgan fingerprint density at radius 1 is 1.12 bits per heavy atom. The van der Waals surface area contributed by atoms with Crippen LogP contribution in [0.5, 0.6) is 0 Å². The van der Waals surface area contributed by atoms with Crippen LogP contribution in [-0.2, 0) is 0 Å². The molecule has 6 nitrogen and oxygen atoms in total. The van der Waals surface area contributed by atoms with Gasteiger partial charge in [-0.25, -0.2) is 4.98 Å². The summed E-state index contributed by atoms with van der Waals surface area (Å²) in [6.07, 6.45) is 2.15. The van der Waals surface area contributed by atoms with E-state index in [2.05, 4.69) is 28.9 Å². The van der Waals surface area contributed by atoms with E-state index in [1.165, 1.54) is 0 Å². The first-order valence-corrected chi connectivity index (χ1v) is 8.18. The molecule has 1 aromatic heterocycles. The highest BCUT2D eigenvalue weighted by atomic mass is 16.6. The highest BCUT2D eigenvalue weighted by Crippen LogP contribution is 2.31. The Morgan fingerprint density at radius 3 is 2.38 bits per heavy atom. The van der Waals surface area contributed by atoms with E-state index in [0.29, 0.717) is 11.7 Å². The van der Waals surface area contributed by atoms with Crippen LogP contribution < -0.4 is 4.90 Å². The molecule has 0 radical (unpaired) electrons. The summed E-state index contributed by atoms with van der Waals surface area (Å²) in [5.74, 6) is 0.816. The van der Waals surface area contributed by atoms with Gasteiger partial charge < -0.3 is 9.80 Å². The van der Waals surface area contributed by atoms with E-state index in [1.807, 2.05) is 30.3 Å². The summed E-state index contributed by atoms with van der Waals surface area (Å²) >= 11 is 0. The topological polar surface area (TPSA) is 62.5 Å². The minimum atomic E-state index is -0.364. The quantitative estimate of drug-likeness (QED) is 0.638. The van der Waals surface area contributed by atoms with Crippen molar-refractivity contribution >= 4 is 11.5 Å². The Bertz CT molecular complexity index is 710. The van der Waals surface area contributed by atoms with Crippen LogP contribution >= 0.6 is 0 Å². The second kappa shape index (κ2) is 6.97. The second-order valence-corrected chi connectivity index (χ2v) is 6.34. The summed E-state index contributed by atoms with van der Waals surface area (Å²) in [5, 5.41) is 11.3. The number of pyridine rings is 1. The smallest absolute Gasteiger partial charge is 0.295 e. The molecule has 0 saturated carbocycles. The van der Waals surface area contributed by atoms with E-state index in [1.54, 1.807) is 12.1 Å². The average molecular weight is 326 g/mol. The molecule has 0 atom stereocenters. The third-order valence-corrected chi connectivity index (χ3v) is 4.62. The molecular weight excluding hydrogens is 304 g/mol. The molecule has 1 saturated heterocycles. The van der Waals surface area contributed by atoms with Crippen molar-refractivity contribution in [3.63, 3.8) is 0 Å². The van der Waals surface area contributed by atoms with Crippen LogP contribution in [0.2, 0.25) is 0 Å². The van der Waals surface area contributed by atoms with Crippen LogP contribution in [0.1, 0.15) is 12.8 Å². The maximum Gasteiger partial charge on any atom is 0.295 e. The van der Waals surface area contributed by atoms with Crippen LogP contribution in [0.15, 0.2) is 42.5 Å². The standard InChI is InChI=1S/C18H22N4O2/c1-20(2)15-10-12-21(13-11-15)17-9-8-16(22(23)24)18(19-17)14-6-4-3-5-7-14/h3-9,15H,10-13H2,1-2H3. The molecule has 24 heavy (non-hydrogen) atoms. The number of hydrogen-bond donors (Lipinski definition) is 0. The minimum absolute atomic E-state index is 0.0492. The number of nitrogens with zero attached hydrogens (tertiary/aromatic N) is 4. The van der Waals surface area contributed by atoms with E-state index in [9.17, 15) is 10.1 Å². The Balaban J connectivity index is 1.90. The lowest BCUT2D eigenvalue weighted by atomic mass is 10.0. The molecule has 0 unspecified atom stereocenters. The van der Waals surface area contributed by atoms with E-state index in [0.717, 1.165) is 37.3 Å². The van der Waals surface area contributed by atoms with Gasteiger partial charge in [-0.1, -0.05) is 30.3 Å². The number of piperidine rings is 1. The van der Waals surface area contributed by atoms with Gasteiger partial charge in [-0.05, 0) is 33.0 Å². The lowest BCUT2D eigenvalue weighted by molar-refractivity contribution is -0.384. The third-order valence-electron chi connectivity index (χ3n) is 4.62. The maximum absolute atomic E-state index is 11.3. The van der Waals surface area contributed by atoms with Gasteiger partial charge in [-0.15, -0.1) is 0 Å². The third kappa shape index (κ3) is 3.38. The van der Waals surface area contributed by atoms with E-state index >= 15 is 0 Å². The van der Waals surface area contributed by atoms with E-state index < -0.39 is 0 Å². The molecule has 2 heterocycles. The Kier molecular flexibility index (Phi) is 4.76. The van der Waals surface area contributed by atoms with Gasteiger partial charge in [0.25, 0.3) is 5.69 Å². The fourth-order valence-corrected chi connectivity index (χ4v) is 3.18. The molecule has 0 bridgehead atoms. The number of rotatable bonds is 4. The molecule has 0 N–H and O–H groups in total. The van der Waals surface area contributed by atoms with Crippen molar-refractivity contribution in [3.05, 3.63) is 52.6 Å². The Morgan fingerprint density at radius 2 is 1.79 bits per heavy atom. The molecule has 0 amide bonds. The van der Waals surface area contributed by atoms with Gasteiger partial charge in [0.1, 0.15) is 5.82 Å². The highest BCUT2D eigenvalue weighted by molar-refractivity contribution is 5.71. The summed E-state index contributed by atoms with van der Waals surface area (Å²) in [4.78, 5) is 20.1. The molecule has 3 rings (SSSR count). The lowest BCUT2D eigenvalue weighted by Crippen LogP contribution is -2.42. The zero-order valence-corrected chi connectivity index (χ0v) is 14.1. The number of nitro groups is 1. The van der Waals surface area contributed by atoms with E-state index in [-0.39, 0.29) is 10.6 Å². The first kappa shape index (κ1) is 16.4. The molecule has 126 valence electrons. The van der Waals surface area contributed by atoms with Crippen molar-refractivity contribution in [2.75, 3.05) is 32.1 Å². The number of hydrogen-bond acceptors (Lipinski definition) is 5. The Hall–Kier alpha value is -2.47. The first-order chi connectivity index (χ1) is 11.6. The molecule has 0 aliphatic carbocycles. The predicted octanol–water partition coefficient (Wildman–Crippen LogP) is 3.19. The summed E-state index contributed by atoms with van der Waals surface area (Å²) in [6.45, 7) is 1.84. The first-order valence-electron chi connectivity index (χ1n) is 8.18. The fourth-order valence-electron chi connectivity index (χ4n) is 3.18. The number of benzene rings is 1. The van der Waals surface area contributed by atoms with Gasteiger partial charge in [0, 0.05) is 30.8 Å². The van der Waals surface area contributed by atoms with Crippen LogP contribution in [0, 0.1) is 10.1 Å². The predicted molar refractivity (Wildman–Crippen MR) is 95.2 cm³/mol. The summed E-state index contributed by atoms with van der Waals surface area (Å²) in [5.41, 5.74) is 1.26. The molecule has 1 fully saturated rings. The molecule has 1 aliphatic heterocycles. The summed E-state index contributed by atoms with van der Waals surface area (Å²) in [7, 11) is 4.22. The molecule has 0 spiro atoms. The van der Waals surface area contributed by atoms with Crippen LogP contribution in [0.4, 0.5) is 11.5 Å². The SMILES string of the molecule is CN(C)C1CCN(c2ccc([N+](=O)[O-])c(-c3ccccc3)n2)CC1. The van der Waals surface area contributed by atoms with Crippen LogP contribution in [0.3, 0.4) is 0 Å². The zero-order valence-electron chi connectivity index (χ0n) is 14.1. The molecule has 1 aromatic carbocycles. The number of anilines is 1. The highest BCUT2D eigenvalue weighted by Gasteiger charge is 2.24. The van der Waals surface area contributed by atoms with Gasteiger partial charge in [-0.2, -0.15) is 0 Å². The second-order valence-electron chi connectivity index (χ2n) is 6.34. The summed E-state index contributed by atoms with van der Waals surface area (Å²) < 4.78 is 0. The number of aromatic nitrogens is 1. The summed E-state index contributed by atoms with van der Waals surface area (Å²) in [6, 6.07) is 13.3. The van der Waals surface area contributed by atoms with Crippen molar-refractivity contribution in [2.45, 2.75) is 18.9 Å². The van der Waals surface area contributed by atoms with E-state index in [4.69, 9.17) is 0 Å². The largest absolute Gasteiger partial charge is 0.356 e. The van der Waals surface area contributed by atoms with Crippen LogP contribution in [0.25, 0.3) is 11.3 Å². The molecular formula is C18H22N4O2. The normalized spacial score (nSPS) is 15.7. The lowest BCUT2D eigenvalue weighted by Gasteiger charge is -2.35. The maximum atomic E-state index is 11.3. The fraction of sp³-hybridized carbons (Fsp3) is 0.389. The average Bonchev–Trinajstić information content (AvgIpc) is 2.62. The van der Waals surface area contributed by atoms with Crippen LogP contribution in [-0.4, -0.2) is 48.0 Å².